The minimum Gasteiger partial charge on any atom is -0.397 e. The summed E-state index contributed by atoms with van der Waals surface area (Å²) in [6.45, 7) is 7.73. The van der Waals surface area contributed by atoms with Crippen LogP contribution >= 0.6 is 0 Å². The normalized spacial score (nSPS) is 9.50. The first kappa shape index (κ1) is 10.2. The predicted molar refractivity (Wildman–Crippen MR) is 35.1 cm³/mol. The van der Waals surface area contributed by atoms with Crippen LogP contribution in [0.4, 0.5) is 0 Å². The molecule has 10 heavy (non-hydrogen) atoms. The van der Waals surface area contributed by atoms with Crippen LogP contribution in [0.25, 0.3) is 0 Å². The Morgan fingerprint density at radius 2 is 2.20 bits per heavy atom. The molecule has 1 aromatic rings. The van der Waals surface area contributed by atoms with Crippen molar-refractivity contribution in [3.05, 3.63) is 24.4 Å². The van der Waals surface area contributed by atoms with Gasteiger partial charge in [-0.3, -0.25) is 0 Å². The second-order valence-corrected chi connectivity index (χ2v) is 2.37. The molecule has 3 heteroatoms. The average Bonchev–Trinajstić information content (AvgIpc) is 2.14. The van der Waals surface area contributed by atoms with Crippen LogP contribution in [-0.4, -0.2) is 5.16 Å². The van der Waals surface area contributed by atoms with Crippen molar-refractivity contribution in [2.45, 2.75) is 19.8 Å². The fraction of sp³-hybridized carbons (Fsp3) is 0.429. The summed E-state index contributed by atoms with van der Waals surface area (Å²) in [5, 5.41) is 3.78. The van der Waals surface area contributed by atoms with Crippen LogP contribution in [0.15, 0.2) is 10.6 Å². The molecule has 0 aliphatic rings. The molecule has 0 atom stereocenters. The summed E-state index contributed by atoms with van der Waals surface area (Å²) in [6, 6.07) is 1.85. The van der Waals surface area contributed by atoms with Crippen molar-refractivity contribution in [3.63, 3.8) is 0 Å². The Labute approximate surface area is 86.2 Å². The molecular formula is C7H10NOY-. The van der Waals surface area contributed by atoms with Gasteiger partial charge in [0.15, 0.2) is 0 Å². The fourth-order valence-corrected chi connectivity index (χ4v) is 0.601. The maximum absolute atomic E-state index is 4.76. The summed E-state index contributed by atoms with van der Waals surface area (Å²) in [6.07, 6.45) is 0. The molecule has 1 rings (SSSR count). The first-order valence-corrected chi connectivity index (χ1v) is 2.98. The molecule has 53 valence electrons. The van der Waals surface area contributed by atoms with Crippen LogP contribution in [0.2, 0.25) is 0 Å². The summed E-state index contributed by atoms with van der Waals surface area (Å²) in [5.41, 5.74) is 0.972. The minimum absolute atomic E-state index is 0. The molecule has 2 nitrogen and oxygen atoms in total. The molecule has 0 aromatic carbocycles. The largest absolute Gasteiger partial charge is 0.397 e. The second-order valence-electron chi connectivity index (χ2n) is 2.37. The topological polar surface area (TPSA) is 26.0 Å². The number of aromatic nitrogens is 1. The summed E-state index contributed by atoms with van der Waals surface area (Å²) in [7, 11) is 0. The van der Waals surface area contributed by atoms with Crippen LogP contribution < -0.4 is 0 Å². The van der Waals surface area contributed by atoms with Crippen LogP contribution in [0, 0.1) is 6.92 Å². The van der Waals surface area contributed by atoms with E-state index in [-0.39, 0.29) is 32.7 Å². The van der Waals surface area contributed by atoms with E-state index in [1.54, 1.807) is 0 Å². The van der Waals surface area contributed by atoms with Crippen LogP contribution in [-0.2, 0) is 32.7 Å². The van der Waals surface area contributed by atoms with Gasteiger partial charge in [-0.15, -0.1) is 11.2 Å². The molecule has 0 N–H and O–H groups in total. The van der Waals surface area contributed by atoms with Gasteiger partial charge < -0.3 is 4.52 Å². The Bertz CT molecular complexity index is 195. The molecule has 1 radical (unpaired) electrons. The maximum atomic E-state index is 4.76. The number of nitrogens with zero attached hydrogens (tertiary/aromatic N) is 1. The molecule has 0 spiro atoms. The molecule has 0 fully saturated rings. The van der Waals surface area contributed by atoms with Crippen LogP contribution in [0.3, 0.4) is 0 Å². The second kappa shape index (κ2) is 4.14. The van der Waals surface area contributed by atoms with Crippen molar-refractivity contribution in [1.82, 2.24) is 5.16 Å². The van der Waals surface area contributed by atoms with E-state index >= 15 is 0 Å². The monoisotopic (exact) mass is 213 g/mol. The molecule has 0 saturated heterocycles. The van der Waals surface area contributed by atoms with Gasteiger partial charge in [0.1, 0.15) is 0 Å². The Balaban J connectivity index is 0.000000810. The van der Waals surface area contributed by atoms with E-state index < -0.39 is 0 Å². The summed E-state index contributed by atoms with van der Waals surface area (Å²) in [5.74, 6) is 1.07. The van der Waals surface area contributed by atoms with Gasteiger partial charge in [-0.05, 0) is 11.7 Å². The minimum atomic E-state index is 0. The third kappa shape index (κ3) is 2.43. The van der Waals surface area contributed by atoms with Crippen LogP contribution in [0.1, 0.15) is 31.2 Å². The van der Waals surface area contributed by atoms with E-state index in [1.807, 2.05) is 6.07 Å². The van der Waals surface area contributed by atoms with Gasteiger partial charge in [-0.1, -0.05) is 13.8 Å². The number of rotatable bonds is 1. The van der Waals surface area contributed by atoms with Gasteiger partial charge >= 0.3 is 0 Å². The molecule has 0 amide bonds. The predicted octanol–water partition coefficient (Wildman–Crippen LogP) is 1.98. The summed E-state index contributed by atoms with van der Waals surface area (Å²) in [4.78, 5) is 0. The van der Waals surface area contributed by atoms with E-state index in [0.29, 0.717) is 11.7 Å². The van der Waals surface area contributed by atoms with E-state index in [9.17, 15) is 0 Å². The van der Waals surface area contributed by atoms with Gasteiger partial charge in [0, 0.05) is 38.4 Å². The van der Waals surface area contributed by atoms with E-state index in [4.69, 9.17) is 4.52 Å². The molecule has 0 bridgehead atoms. The Morgan fingerprint density at radius 3 is 2.40 bits per heavy atom. The summed E-state index contributed by atoms with van der Waals surface area (Å²) >= 11 is 0. The zero-order valence-corrected chi connectivity index (χ0v) is 9.13. The molecular weight excluding hydrogens is 203 g/mol. The molecule has 0 unspecified atom stereocenters. The van der Waals surface area contributed by atoms with E-state index in [1.165, 1.54) is 0 Å². The summed E-state index contributed by atoms with van der Waals surface area (Å²) < 4.78 is 4.76. The van der Waals surface area contributed by atoms with Gasteiger partial charge in [0.2, 0.25) is 0 Å². The molecule has 1 aromatic heterocycles. The van der Waals surface area contributed by atoms with Gasteiger partial charge in [0.05, 0.1) is 0 Å². The average molecular weight is 213 g/mol. The SMILES string of the molecule is [CH2-]c1cc(C(C)C)no1.[Y]. The Kier molecular flexibility index (Phi) is 4.22. The zero-order chi connectivity index (χ0) is 6.85. The van der Waals surface area contributed by atoms with Crippen molar-refractivity contribution in [2.24, 2.45) is 0 Å². The zero-order valence-electron chi connectivity index (χ0n) is 6.29. The molecule has 0 saturated carbocycles. The van der Waals surface area contributed by atoms with E-state index in [0.717, 1.165) is 5.69 Å². The van der Waals surface area contributed by atoms with Crippen molar-refractivity contribution in [2.75, 3.05) is 0 Å². The number of hydrogen-bond donors (Lipinski definition) is 0. The van der Waals surface area contributed by atoms with Crippen molar-refractivity contribution < 1.29 is 37.2 Å². The van der Waals surface area contributed by atoms with Crippen molar-refractivity contribution in [1.29, 1.82) is 0 Å². The Hall–Kier alpha value is 0.184. The van der Waals surface area contributed by atoms with Crippen molar-refractivity contribution in [3.8, 4) is 0 Å². The van der Waals surface area contributed by atoms with Gasteiger partial charge in [-0.25, -0.2) is 6.92 Å². The smallest absolute Gasteiger partial charge is 0.00636 e. The van der Waals surface area contributed by atoms with E-state index in [2.05, 4.69) is 25.9 Å². The first-order chi connectivity index (χ1) is 4.20. The van der Waals surface area contributed by atoms with Gasteiger partial charge in [0.25, 0.3) is 0 Å². The molecule has 0 aliphatic heterocycles. The first-order valence-electron chi connectivity index (χ1n) is 2.98. The standard InChI is InChI=1S/C7H10NO.Y/c1-5(2)7-4-6(3)9-8-7;/h4-5H,3H2,1-2H3;/q-1;. The maximum Gasteiger partial charge on any atom is 0.00636 e. The fourth-order valence-electron chi connectivity index (χ4n) is 0.601. The number of hydrogen-bond acceptors (Lipinski definition) is 2. The quantitative estimate of drug-likeness (QED) is 0.666. The van der Waals surface area contributed by atoms with Crippen molar-refractivity contribution >= 4 is 0 Å². The third-order valence-electron chi connectivity index (χ3n) is 1.17. The molecule has 0 aliphatic carbocycles. The Morgan fingerprint density at radius 1 is 1.60 bits per heavy atom. The third-order valence-corrected chi connectivity index (χ3v) is 1.17. The van der Waals surface area contributed by atoms with Crippen LogP contribution in [0.5, 0.6) is 0 Å². The van der Waals surface area contributed by atoms with Gasteiger partial charge in [-0.2, -0.15) is 0 Å². The molecule has 1 heterocycles.